The lowest BCUT2D eigenvalue weighted by Crippen LogP contribution is -2.21. The number of amides is 2. The van der Waals surface area contributed by atoms with E-state index >= 15 is 0 Å². The van der Waals surface area contributed by atoms with Gasteiger partial charge in [0.2, 0.25) is 5.91 Å². The average molecular weight is 520 g/mol. The Bertz CT molecular complexity index is 1300. The molecule has 10 heteroatoms. The van der Waals surface area contributed by atoms with Crippen molar-refractivity contribution in [3.05, 3.63) is 88.5 Å². The van der Waals surface area contributed by atoms with E-state index in [0.717, 1.165) is 0 Å². The predicted octanol–water partition coefficient (Wildman–Crippen LogP) is 5.59. The van der Waals surface area contributed by atoms with Crippen LogP contribution in [0.4, 0.5) is 17.1 Å². The van der Waals surface area contributed by atoms with Crippen molar-refractivity contribution >= 4 is 34.8 Å². The highest BCUT2D eigenvalue weighted by molar-refractivity contribution is 5.94. The highest BCUT2D eigenvalue weighted by Crippen LogP contribution is 2.27. The van der Waals surface area contributed by atoms with Crippen molar-refractivity contribution in [2.75, 3.05) is 17.2 Å². The van der Waals surface area contributed by atoms with E-state index in [0.29, 0.717) is 17.2 Å². The highest BCUT2D eigenvalue weighted by atomic mass is 16.6. The zero-order valence-electron chi connectivity index (χ0n) is 21.4. The fraction of sp³-hybridized carbons (Fsp3) is 0.250. The van der Waals surface area contributed by atoms with Crippen molar-refractivity contribution in [3.63, 3.8) is 0 Å². The van der Waals surface area contributed by atoms with Crippen LogP contribution in [0.3, 0.4) is 0 Å². The number of ether oxygens (including phenoxy) is 2. The van der Waals surface area contributed by atoms with Gasteiger partial charge in [0, 0.05) is 29.9 Å². The minimum absolute atomic E-state index is 0.0548. The first-order valence-electron chi connectivity index (χ1n) is 11.9. The molecule has 0 heterocycles. The summed E-state index contributed by atoms with van der Waals surface area (Å²) in [5.74, 6) is -0.466. The van der Waals surface area contributed by atoms with E-state index in [4.69, 9.17) is 9.47 Å². The molecule has 0 saturated heterocycles. The maximum absolute atomic E-state index is 12.2. The Morgan fingerprint density at radius 2 is 1.42 bits per heavy atom. The molecule has 0 fully saturated rings. The zero-order chi connectivity index (χ0) is 27.7. The summed E-state index contributed by atoms with van der Waals surface area (Å²) >= 11 is 0. The second-order valence-corrected chi connectivity index (χ2v) is 9.47. The fourth-order valence-electron chi connectivity index (χ4n) is 3.32. The highest BCUT2D eigenvalue weighted by Gasteiger charge is 2.14. The Hall–Kier alpha value is -4.73. The standard InChI is InChI=1S/C28H29N3O7/c1-28(2,3)19-7-11-23(12-8-19)38-24-13-9-20(10-14-24)29-25(32)15-16-27(34)37-18-26(33)30-21-5-4-6-22(17-21)31(35)36/h4-14,17H,15-16,18H2,1-3H3,(H,29,32)(H,30,33). The number of benzene rings is 3. The third-order valence-electron chi connectivity index (χ3n) is 5.36. The molecule has 198 valence electrons. The fourth-order valence-corrected chi connectivity index (χ4v) is 3.32. The van der Waals surface area contributed by atoms with Crippen LogP contribution in [-0.2, 0) is 24.5 Å². The minimum Gasteiger partial charge on any atom is -0.457 e. The number of carbonyl (C=O) groups is 3. The number of nitro groups is 1. The van der Waals surface area contributed by atoms with Crippen molar-refractivity contribution in [1.29, 1.82) is 0 Å². The quantitative estimate of drug-likeness (QED) is 0.202. The van der Waals surface area contributed by atoms with Gasteiger partial charge < -0.3 is 20.1 Å². The van der Waals surface area contributed by atoms with Crippen molar-refractivity contribution < 1.29 is 28.8 Å². The lowest BCUT2D eigenvalue weighted by molar-refractivity contribution is -0.384. The summed E-state index contributed by atoms with van der Waals surface area (Å²) in [6.45, 7) is 5.85. The minimum atomic E-state index is -0.726. The van der Waals surface area contributed by atoms with E-state index in [1.54, 1.807) is 24.3 Å². The van der Waals surface area contributed by atoms with Gasteiger partial charge in [-0.15, -0.1) is 0 Å². The number of esters is 1. The molecule has 3 rings (SSSR count). The normalized spacial score (nSPS) is 10.8. The van der Waals surface area contributed by atoms with E-state index < -0.39 is 29.3 Å². The molecule has 0 aliphatic carbocycles. The summed E-state index contributed by atoms with van der Waals surface area (Å²) in [4.78, 5) is 46.2. The van der Waals surface area contributed by atoms with Crippen molar-refractivity contribution in [3.8, 4) is 11.5 Å². The van der Waals surface area contributed by atoms with Gasteiger partial charge in [0.15, 0.2) is 6.61 Å². The number of nitrogens with one attached hydrogen (secondary N) is 2. The summed E-state index contributed by atoms with van der Waals surface area (Å²) < 4.78 is 10.7. The van der Waals surface area contributed by atoms with E-state index in [2.05, 4.69) is 31.4 Å². The van der Waals surface area contributed by atoms with E-state index in [9.17, 15) is 24.5 Å². The van der Waals surface area contributed by atoms with E-state index in [-0.39, 0.29) is 29.6 Å². The van der Waals surface area contributed by atoms with E-state index in [1.165, 1.54) is 29.8 Å². The molecule has 0 aliphatic rings. The smallest absolute Gasteiger partial charge is 0.306 e. The van der Waals surface area contributed by atoms with Crippen LogP contribution in [0.5, 0.6) is 11.5 Å². The summed E-state index contributed by atoms with van der Waals surface area (Å²) in [6.07, 6.45) is -0.356. The molecule has 0 aromatic heterocycles. The predicted molar refractivity (Wildman–Crippen MR) is 142 cm³/mol. The Labute approximate surface area is 220 Å². The Morgan fingerprint density at radius 1 is 0.816 bits per heavy atom. The van der Waals surface area contributed by atoms with Crippen LogP contribution in [0.15, 0.2) is 72.8 Å². The van der Waals surface area contributed by atoms with E-state index in [1.807, 2.05) is 24.3 Å². The molecule has 0 spiro atoms. The molecule has 0 unspecified atom stereocenters. The van der Waals surface area contributed by atoms with Gasteiger partial charge in [-0.25, -0.2) is 0 Å². The van der Waals surface area contributed by atoms with Crippen LogP contribution in [0.1, 0.15) is 39.2 Å². The van der Waals surface area contributed by atoms with Crippen molar-refractivity contribution in [2.45, 2.75) is 39.0 Å². The summed E-state index contributed by atoms with van der Waals surface area (Å²) in [5.41, 5.74) is 1.82. The molecule has 2 N–H and O–H groups in total. The first-order chi connectivity index (χ1) is 18.0. The molecular weight excluding hydrogens is 490 g/mol. The molecule has 0 atom stereocenters. The van der Waals surface area contributed by atoms with Crippen LogP contribution in [0.25, 0.3) is 0 Å². The summed E-state index contributed by atoms with van der Waals surface area (Å²) in [5, 5.41) is 15.9. The Morgan fingerprint density at radius 3 is 2.03 bits per heavy atom. The van der Waals surface area contributed by atoms with Crippen LogP contribution in [0.2, 0.25) is 0 Å². The molecule has 3 aromatic rings. The number of hydrogen-bond donors (Lipinski definition) is 2. The first kappa shape index (κ1) is 27.9. The molecular formula is C28H29N3O7. The second-order valence-electron chi connectivity index (χ2n) is 9.47. The second kappa shape index (κ2) is 12.5. The topological polar surface area (TPSA) is 137 Å². The third kappa shape index (κ3) is 8.74. The van der Waals surface area contributed by atoms with Crippen LogP contribution < -0.4 is 15.4 Å². The van der Waals surface area contributed by atoms with Gasteiger partial charge >= 0.3 is 5.97 Å². The average Bonchev–Trinajstić information content (AvgIpc) is 2.87. The number of nitro benzene ring substituents is 1. The molecule has 0 radical (unpaired) electrons. The molecule has 0 aliphatic heterocycles. The number of nitrogens with zero attached hydrogens (tertiary/aromatic N) is 1. The molecule has 0 saturated carbocycles. The summed E-state index contributed by atoms with van der Waals surface area (Å²) in [7, 11) is 0. The molecule has 38 heavy (non-hydrogen) atoms. The monoisotopic (exact) mass is 519 g/mol. The molecule has 3 aromatic carbocycles. The molecule has 0 bridgehead atoms. The van der Waals surface area contributed by atoms with Gasteiger partial charge in [0.1, 0.15) is 11.5 Å². The van der Waals surface area contributed by atoms with Gasteiger partial charge in [0.05, 0.1) is 11.3 Å². The summed E-state index contributed by atoms with van der Waals surface area (Å²) in [6, 6.07) is 20.1. The van der Waals surface area contributed by atoms with Gasteiger partial charge in [-0.2, -0.15) is 0 Å². The maximum Gasteiger partial charge on any atom is 0.306 e. The molecule has 2 amide bonds. The van der Waals surface area contributed by atoms with Gasteiger partial charge in [0.25, 0.3) is 11.6 Å². The number of carbonyl (C=O) groups excluding carboxylic acids is 3. The van der Waals surface area contributed by atoms with Gasteiger partial charge in [-0.1, -0.05) is 39.0 Å². The third-order valence-corrected chi connectivity index (χ3v) is 5.36. The van der Waals surface area contributed by atoms with Gasteiger partial charge in [-0.05, 0) is 53.4 Å². The zero-order valence-corrected chi connectivity index (χ0v) is 21.4. The number of non-ortho nitro benzene ring substituents is 1. The Balaban J connectivity index is 1.38. The largest absolute Gasteiger partial charge is 0.457 e. The SMILES string of the molecule is CC(C)(C)c1ccc(Oc2ccc(NC(=O)CCC(=O)OCC(=O)Nc3cccc([N+](=O)[O-])c3)cc2)cc1. The van der Waals surface area contributed by atoms with Crippen LogP contribution >= 0.6 is 0 Å². The van der Waals surface area contributed by atoms with Crippen molar-refractivity contribution in [1.82, 2.24) is 0 Å². The number of rotatable bonds is 10. The lowest BCUT2D eigenvalue weighted by Gasteiger charge is -2.19. The van der Waals surface area contributed by atoms with Gasteiger partial charge in [-0.3, -0.25) is 24.5 Å². The van der Waals surface area contributed by atoms with Crippen LogP contribution in [0, 0.1) is 10.1 Å². The maximum atomic E-state index is 12.2. The number of hydrogen-bond acceptors (Lipinski definition) is 7. The van der Waals surface area contributed by atoms with Crippen LogP contribution in [-0.4, -0.2) is 29.3 Å². The Kier molecular flexibility index (Phi) is 9.15. The van der Waals surface area contributed by atoms with Crippen molar-refractivity contribution in [2.24, 2.45) is 0 Å². The first-order valence-corrected chi connectivity index (χ1v) is 11.9. The lowest BCUT2D eigenvalue weighted by atomic mass is 9.87. The number of anilines is 2. The molecule has 10 nitrogen and oxygen atoms in total.